The fourth-order valence-corrected chi connectivity index (χ4v) is 3.55. The Bertz CT molecular complexity index is 1140. The summed E-state index contributed by atoms with van der Waals surface area (Å²) in [5, 5.41) is 0.522. The van der Waals surface area contributed by atoms with Crippen LogP contribution in [0.15, 0.2) is 40.9 Å². The smallest absolute Gasteiger partial charge is 0.318 e. The summed E-state index contributed by atoms with van der Waals surface area (Å²) >= 11 is 1.10. The van der Waals surface area contributed by atoms with E-state index in [-0.39, 0.29) is 23.2 Å². The van der Waals surface area contributed by atoms with E-state index in [0.717, 1.165) is 22.8 Å². The van der Waals surface area contributed by atoms with Crippen LogP contribution in [0.1, 0.15) is 21.1 Å². The number of pyridine rings is 1. The SMILES string of the molecule is Cc1ccc(-c2nc(OCc3ccccn3)nc3sc(C(N)=O)c(N)c23)o1. The number of aromatic nitrogens is 3. The van der Waals surface area contributed by atoms with Gasteiger partial charge < -0.3 is 20.6 Å². The van der Waals surface area contributed by atoms with Crippen molar-refractivity contribution >= 4 is 33.1 Å². The molecule has 0 spiro atoms. The number of aryl methyl sites for hydroxylation is 1. The average Bonchev–Trinajstić information content (AvgIpc) is 3.24. The number of ether oxygens (including phenoxy) is 1. The van der Waals surface area contributed by atoms with Gasteiger partial charge in [-0.15, -0.1) is 11.3 Å². The minimum absolute atomic E-state index is 0.134. The molecular formula is C18H15N5O3S. The number of primary amides is 1. The molecule has 0 radical (unpaired) electrons. The maximum Gasteiger partial charge on any atom is 0.318 e. The summed E-state index contributed by atoms with van der Waals surface area (Å²) in [7, 11) is 0. The Morgan fingerprint density at radius 2 is 2.11 bits per heavy atom. The van der Waals surface area contributed by atoms with Crippen molar-refractivity contribution in [1.29, 1.82) is 0 Å². The fourth-order valence-electron chi connectivity index (χ4n) is 2.61. The number of hydrogen-bond donors (Lipinski definition) is 2. The first kappa shape index (κ1) is 17.0. The molecule has 0 aliphatic heterocycles. The Balaban J connectivity index is 1.82. The van der Waals surface area contributed by atoms with E-state index in [9.17, 15) is 4.79 Å². The van der Waals surface area contributed by atoms with Gasteiger partial charge >= 0.3 is 6.01 Å². The number of hydrogen-bond acceptors (Lipinski definition) is 8. The van der Waals surface area contributed by atoms with Crippen LogP contribution in [-0.2, 0) is 6.61 Å². The topological polar surface area (TPSA) is 130 Å². The van der Waals surface area contributed by atoms with Crippen molar-refractivity contribution in [1.82, 2.24) is 15.0 Å². The van der Waals surface area contributed by atoms with E-state index in [1.165, 1.54) is 0 Å². The second-order valence-corrected chi connectivity index (χ2v) is 6.76. The molecule has 0 saturated heterocycles. The lowest BCUT2D eigenvalue weighted by Gasteiger charge is -2.07. The summed E-state index contributed by atoms with van der Waals surface area (Å²) in [6.45, 7) is 2.03. The number of nitrogens with two attached hydrogens (primary N) is 2. The van der Waals surface area contributed by atoms with Gasteiger partial charge in [0, 0.05) is 6.20 Å². The lowest BCUT2D eigenvalue weighted by Crippen LogP contribution is -2.10. The molecule has 0 fully saturated rings. The van der Waals surface area contributed by atoms with Crippen molar-refractivity contribution in [2.75, 3.05) is 5.73 Å². The van der Waals surface area contributed by atoms with Crippen molar-refractivity contribution in [3.05, 3.63) is 52.9 Å². The first-order valence-electron chi connectivity index (χ1n) is 8.02. The third-order valence-electron chi connectivity index (χ3n) is 3.84. The van der Waals surface area contributed by atoms with E-state index in [0.29, 0.717) is 21.7 Å². The summed E-state index contributed by atoms with van der Waals surface area (Å²) in [5.41, 5.74) is 13.0. The lowest BCUT2D eigenvalue weighted by molar-refractivity contribution is 0.100. The van der Waals surface area contributed by atoms with Crippen molar-refractivity contribution in [2.24, 2.45) is 5.73 Å². The highest BCUT2D eigenvalue weighted by atomic mass is 32.1. The third-order valence-corrected chi connectivity index (χ3v) is 4.95. The molecule has 4 rings (SSSR count). The maximum absolute atomic E-state index is 11.7. The number of furan rings is 1. The molecule has 0 unspecified atom stereocenters. The van der Waals surface area contributed by atoms with Crippen LogP contribution < -0.4 is 16.2 Å². The maximum atomic E-state index is 11.7. The number of amides is 1. The molecule has 0 aliphatic carbocycles. The van der Waals surface area contributed by atoms with E-state index in [1.807, 2.05) is 31.2 Å². The summed E-state index contributed by atoms with van der Waals surface area (Å²) in [6.07, 6.45) is 1.68. The molecule has 1 amide bonds. The van der Waals surface area contributed by atoms with Crippen LogP contribution in [-0.4, -0.2) is 20.9 Å². The Hall–Kier alpha value is -3.46. The molecule has 0 saturated carbocycles. The van der Waals surface area contributed by atoms with Gasteiger partial charge in [-0.1, -0.05) is 6.07 Å². The number of carbonyl (C=O) groups excluding carboxylic acids is 1. The zero-order chi connectivity index (χ0) is 19.0. The number of thiophene rings is 1. The van der Waals surface area contributed by atoms with Crippen molar-refractivity contribution in [3.8, 4) is 17.5 Å². The second kappa shape index (κ2) is 6.69. The molecule has 4 aromatic rings. The zero-order valence-electron chi connectivity index (χ0n) is 14.3. The third kappa shape index (κ3) is 3.20. The Morgan fingerprint density at radius 1 is 1.26 bits per heavy atom. The van der Waals surface area contributed by atoms with Gasteiger partial charge in [0.2, 0.25) is 0 Å². The molecule has 0 atom stereocenters. The van der Waals surface area contributed by atoms with E-state index >= 15 is 0 Å². The zero-order valence-corrected chi connectivity index (χ0v) is 15.1. The van der Waals surface area contributed by atoms with Crippen LogP contribution in [0.2, 0.25) is 0 Å². The van der Waals surface area contributed by atoms with Crippen molar-refractivity contribution in [2.45, 2.75) is 13.5 Å². The van der Waals surface area contributed by atoms with Gasteiger partial charge in [0.15, 0.2) is 5.76 Å². The predicted molar refractivity (Wildman–Crippen MR) is 101 cm³/mol. The highest BCUT2D eigenvalue weighted by Gasteiger charge is 2.22. The van der Waals surface area contributed by atoms with Crippen LogP contribution in [0.3, 0.4) is 0 Å². The van der Waals surface area contributed by atoms with Crippen LogP contribution >= 0.6 is 11.3 Å². The van der Waals surface area contributed by atoms with Crippen LogP contribution in [0, 0.1) is 6.92 Å². The van der Waals surface area contributed by atoms with E-state index < -0.39 is 5.91 Å². The van der Waals surface area contributed by atoms with E-state index in [4.69, 9.17) is 20.6 Å². The van der Waals surface area contributed by atoms with Crippen molar-refractivity contribution in [3.63, 3.8) is 0 Å². The number of anilines is 1. The van der Waals surface area contributed by atoms with Gasteiger partial charge in [-0.3, -0.25) is 9.78 Å². The van der Waals surface area contributed by atoms with Crippen LogP contribution in [0.5, 0.6) is 6.01 Å². The monoisotopic (exact) mass is 381 g/mol. The standard InChI is InChI=1S/C18H15N5O3S/c1-9-5-6-11(26-9)14-12-13(19)15(16(20)24)27-17(12)23-18(22-14)25-8-10-4-2-3-7-21-10/h2-7H,8,19H2,1H3,(H2,20,24). The molecule has 27 heavy (non-hydrogen) atoms. The molecular weight excluding hydrogens is 366 g/mol. The summed E-state index contributed by atoms with van der Waals surface area (Å²) < 4.78 is 11.4. The molecule has 4 N–H and O–H groups in total. The van der Waals surface area contributed by atoms with Gasteiger partial charge in [0.25, 0.3) is 5.91 Å². The minimum atomic E-state index is -0.618. The van der Waals surface area contributed by atoms with E-state index in [2.05, 4.69) is 15.0 Å². The highest BCUT2D eigenvalue weighted by molar-refractivity contribution is 7.21. The number of nitrogens with zero attached hydrogens (tertiary/aromatic N) is 3. The van der Waals surface area contributed by atoms with E-state index in [1.54, 1.807) is 12.3 Å². The number of nitrogen functional groups attached to an aromatic ring is 1. The van der Waals surface area contributed by atoms with Gasteiger partial charge in [-0.05, 0) is 31.2 Å². The van der Waals surface area contributed by atoms with Crippen LogP contribution in [0.25, 0.3) is 21.7 Å². The first-order valence-corrected chi connectivity index (χ1v) is 8.84. The molecule has 4 heterocycles. The van der Waals surface area contributed by atoms with Gasteiger partial charge in [-0.25, -0.2) is 0 Å². The molecule has 136 valence electrons. The van der Waals surface area contributed by atoms with Gasteiger partial charge in [-0.2, -0.15) is 9.97 Å². The number of fused-ring (bicyclic) bond motifs is 1. The fraction of sp³-hybridized carbons (Fsp3) is 0.111. The largest absolute Gasteiger partial charge is 0.460 e. The molecule has 0 aromatic carbocycles. The highest BCUT2D eigenvalue weighted by Crippen LogP contribution is 2.39. The predicted octanol–water partition coefficient (Wildman–Crippen LogP) is 2.91. The molecule has 0 bridgehead atoms. The molecule has 4 aromatic heterocycles. The van der Waals surface area contributed by atoms with Gasteiger partial charge in [0.05, 0.1) is 16.8 Å². The number of carbonyl (C=O) groups is 1. The quantitative estimate of drug-likeness (QED) is 0.543. The Labute approximate surface area is 157 Å². The normalized spacial score (nSPS) is 11.0. The van der Waals surface area contributed by atoms with Gasteiger partial charge in [0.1, 0.15) is 27.8 Å². The minimum Gasteiger partial charge on any atom is -0.460 e. The summed E-state index contributed by atoms with van der Waals surface area (Å²) in [4.78, 5) is 25.4. The van der Waals surface area contributed by atoms with Crippen molar-refractivity contribution < 1.29 is 13.9 Å². The lowest BCUT2D eigenvalue weighted by atomic mass is 10.2. The summed E-state index contributed by atoms with van der Waals surface area (Å²) in [5.74, 6) is 0.604. The summed E-state index contributed by atoms with van der Waals surface area (Å²) in [6, 6.07) is 9.25. The first-order chi connectivity index (χ1) is 13.0. The Morgan fingerprint density at radius 3 is 2.78 bits per heavy atom. The average molecular weight is 381 g/mol. The number of rotatable bonds is 5. The molecule has 0 aliphatic rings. The molecule has 8 nitrogen and oxygen atoms in total. The molecule has 9 heteroatoms. The second-order valence-electron chi connectivity index (χ2n) is 5.76. The van der Waals surface area contributed by atoms with Crippen LogP contribution in [0.4, 0.5) is 5.69 Å². The Kier molecular flexibility index (Phi) is 4.21.